The van der Waals surface area contributed by atoms with Gasteiger partial charge in [0.05, 0.1) is 4.34 Å². The molecule has 1 heterocycles. The van der Waals surface area contributed by atoms with E-state index < -0.39 is 16.1 Å². The number of hydrogen-bond donors (Lipinski definition) is 2. The van der Waals surface area contributed by atoms with E-state index in [-0.39, 0.29) is 4.21 Å². The van der Waals surface area contributed by atoms with Crippen LogP contribution in [-0.4, -0.2) is 14.4 Å². The lowest BCUT2D eigenvalue weighted by Crippen LogP contribution is -2.34. The van der Waals surface area contributed by atoms with E-state index in [0.717, 1.165) is 11.3 Å². The zero-order chi connectivity index (χ0) is 10.1. The molecule has 2 amide bonds. The largest absolute Gasteiger partial charge is 0.351 e. The molecule has 0 bridgehead atoms. The predicted octanol–water partition coefficient (Wildman–Crippen LogP) is 0.759. The molecule has 1 aromatic heterocycles. The van der Waals surface area contributed by atoms with Crippen LogP contribution in [0.2, 0.25) is 4.34 Å². The minimum atomic E-state index is -3.83. The van der Waals surface area contributed by atoms with E-state index in [9.17, 15) is 13.2 Å². The Bertz CT molecular complexity index is 425. The van der Waals surface area contributed by atoms with Crippen molar-refractivity contribution in [3.05, 3.63) is 16.5 Å². The SMILES string of the molecule is NC(=O)NS(=O)(=O)c1ccc(Cl)s1. The van der Waals surface area contributed by atoms with E-state index in [1.54, 1.807) is 4.72 Å². The first kappa shape index (κ1) is 10.3. The van der Waals surface area contributed by atoms with Crippen LogP contribution in [0.3, 0.4) is 0 Å². The summed E-state index contributed by atoms with van der Waals surface area (Å²) in [5.74, 6) is 0. The van der Waals surface area contributed by atoms with Crippen LogP contribution in [0.25, 0.3) is 0 Å². The van der Waals surface area contributed by atoms with Gasteiger partial charge in [-0.2, -0.15) is 0 Å². The smallest absolute Gasteiger partial charge is 0.326 e. The number of sulfonamides is 1. The van der Waals surface area contributed by atoms with Crippen molar-refractivity contribution in [3.8, 4) is 0 Å². The van der Waals surface area contributed by atoms with Gasteiger partial charge in [0.2, 0.25) is 0 Å². The maximum Gasteiger partial charge on any atom is 0.326 e. The molecule has 8 heteroatoms. The van der Waals surface area contributed by atoms with Gasteiger partial charge in [0, 0.05) is 0 Å². The third-order valence-electron chi connectivity index (χ3n) is 1.05. The summed E-state index contributed by atoms with van der Waals surface area (Å²) in [5.41, 5.74) is 4.67. The molecule has 0 unspecified atom stereocenters. The number of halogens is 1. The lowest BCUT2D eigenvalue weighted by molar-refractivity contribution is 0.253. The van der Waals surface area contributed by atoms with Crippen LogP contribution in [-0.2, 0) is 10.0 Å². The molecule has 0 aliphatic carbocycles. The summed E-state index contributed by atoms with van der Waals surface area (Å²) in [7, 11) is -3.83. The number of thiophene rings is 1. The highest BCUT2D eigenvalue weighted by atomic mass is 35.5. The van der Waals surface area contributed by atoms with Crippen molar-refractivity contribution in [1.82, 2.24) is 4.72 Å². The Balaban J connectivity index is 3.01. The summed E-state index contributed by atoms with van der Waals surface area (Å²) in [4.78, 5) is 10.3. The minimum Gasteiger partial charge on any atom is -0.351 e. The monoisotopic (exact) mass is 240 g/mol. The fourth-order valence-electron chi connectivity index (χ4n) is 0.625. The Morgan fingerprint density at radius 3 is 2.54 bits per heavy atom. The molecule has 1 aromatic rings. The van der Waals surface area contributed by atoms with Crippen molar-refractivity contribution in [1.29, 1.82) is 0 Å². The molecule has 5 nitrogen and oxygen atoms in total. The van der Waals surface area contributed by atoms with Gasteiger partial charge >= 0.3 is 6.03 Å². The van der Waals surface area contributed by atoms with E-state index in [1.165, 1.54) is 12.1 Å². The van der Waals surface area contributed by atoms with Crippen LogP contribution >= 0.6 is 22.9 Å². The van der Waals surface area contributed by atoms with Crippen LogP contribution < -0.4 is 10.5 Å². The van der Waals surface area contributed by atoms with Gasteiger partial charge < -0.3 is 5.73 Å². The van der Waals surface area contributed by atoms with Crippen LogP contribution in [0.4, 0.5) is 4.79 Å². The molecule has 1 rings (SSSR count). The van der Waals surface area contributed by atoms with Crippen LogP contribution in [0.1, 0.15) is 0 Å². The van der Waals surface area contributed by atoms with Gasteiger partial charge in [0.15, 0.2) is 0 Å². The van der Waals surface area contributed by atoms with Gasteiger partial charge in [-0.25, -0.2) is 17.9 Å². The molecule has 72 valence electrons. The molecule has 0 saturated carbocycles. The van der Waals surface area contributed by atoms with Gasteiger partial charge in [0.25, 0.3) is 10.0 Å². The normalized spacial score (nSPS) is 11.2. The number of nitrogens with two attached hydrogens (primary N) is 1. The first-order valence-corrected chi connectivity index (χ1v) is 5.67. The number of nitrogens with one attached hydrogen (secondary N) is 1. The van der Waals surface area contributed by atoms with Crippen molar-refractivity contribution in [3.63, 3.8) is 0 Å². The average Bonchev–Trinajstić information content (AvgIpc) is 2.32. The molecule has 0 spiro atoms. The number of amides is 2. The third kappa shape index (κ3) is 2.58. The highest BCUT2D eigenvalue weighted by Gasteiger charge is 2.17. The van der Waals surface area contributed by atoms with Crippen LogP contribution in [0.5, 0.6) is 0 Å². The van der Waals surface area contributed by atoms with Gasteiger partial charge in [0.1, 0.15) is 4.21 Å². The zero-order valence-corrected chi connectivity index (χ0v) is 8.54. The number of urea groups is 1. The Labute approximate surface area is 83.6 Å². The Hall–Kier alpha value is -0.790. The number of rotatable bonds is 2. The van der Waals surface area contributed by atoms with Crippen molar-refractivity contribution in [2.45, 2.75) is 4.21 Å². The first-order chi connectivity index (χ1) is 5.92. The molecule has 0 saturated heterocycles. The van der Waals surface area contributed by atoms with Crippen LogP contribution in [0, 0.1) is 0 Å². The fraction of sp³-hybridized carbons (Fsp3) is 0. The lowest BCUT2D eigenvalue weighted by atomic mass is 10.7. The minimum absolute atomic E-state index is 0.0451. The van der Waals surface area contributed by atoms with Gasteiger partial charge in [-0.05, 0) is 12.1 Å². The second kappa shape index (κ2) is 3.52. The second-order valence-corrected chi connectivity index (χ2v) is 5.65. The van der Waals surface area contributed by atoms with E-state index in [0.29, 0.717) is 4.34 Å². The maximum absolute atomic E-state index is 11.2. The zero-order valence-electron chi connectivity index (χ0n) is 6.15. The predicted molar refractivity (Wildman–Crippen MR) is 49.2 cm³/mol. The number of primary amides is 1. The van der Waals surface area contributed by atoms with Gasteiger partial charge in [-0.3, -0.25) is 0 Å². The topological polar surface area (TPSA) is 89.3 Å². The molecular weight excluding hydrogens is 236 g/mol. The molecule has 3 N–H and O–H groups in total. The van der Waals surface area contributed by atoms with E-state index >= 15 is 0 Å². The molecule has 0 aromatic carbocycles. The lowest BCUT2D eigenvalue weighted by Gasteiger charge is -1.99. The number of carbonyl (C=O) groups is 1. The summed E-state index contributed by atoms with van der Waals surface area (Å²) in [6, 6.07) is 1.59. The molecule has 0 radical (unpaired) electrons. The molecule has 0 atom stereocenters. The van der Waals surface area contributed by atoms with Crippen molar-refractivity contribution in [2.24, 2.45) is 5.73 Å². The highest BCUT2D eigenvalue weighted by Crippen LogP contribution is 2.24. The summed E-state index contributed by atoms with van der Waals surface area (Å²) in [6.07, 6.45) is 0. The molecule has 0 aliphatic heterocycles. The number of carbonyl (C=O) groups excluding carboxylic acids is 1. The standard InChI is InChI=1S/C5H5ClN2O3S2/c6-3-1-2-4(12-3)13(10,11)8-5(7)9/h1-2H,(H3,7,8,9). The average molecular weight is 241 g/mol. The third-order valence-corrected chi connectivity index (χ3v) is 4.12. The molecule has 0 fully saturated rings. The number of hydrogen-bond acceptors (Lipinski definition) is 4. The first-order valence-electron chi connectivity index (χ1n) is 2.99. The Morgan fingerprint density at radius 1 is 1.54 bits per heavy atom. The summed E-state index contributed by atoms with van der Waals surface area (Å²) in [5, 5.41) is 0. The molecule has 0 aliphatic rings. The molecule has 13 heavy (non-hydrogen) atoms. The van der Waals surface area contributed by atoms with Crippen molar-refractivity contribution in [2.75, 3.05) is 0 Å². The Morgan fingerprint density at radius 2 is 2.15 bits per heavy atom. The van der Waals surface area contributed by atoms with Crippen LogP contribution in [0.15, 0.2) is 16.3 Å². The highest BCUT2D eigenvalue weighted by molar-refractivity contribution is 7.92. The van der Waals surface area contributed by atoms with E-state index in [2.05, 4.69) is 5.73 Å². The second-order valence-electron chi connectivity index (χ2n) is 2.03. The molecular formula is C5H5ClN2O3S2. The van der Waals surface area contributed by atoms with E-state index in [4.69, 9.17) is 11.6 Å². The summed E-state index contributed by atoms with van der Waals surface area (Å²) >= 11 is 6.36. The van der Waals surface area contributed by atoms with Crippen molar-refractivity contribution >= 4 is 39.0 Å². The van der Waals surface area contributed by atoms with Gasteiger partial charge in [-0.15, -0.1) is 11.3 Å². The quantitative estimate of drug-likeness (QED) is 0.800. The maximum atomic E-state index is 11.2. The fourth-order valence-corrected chi connectivity index (χ4v) is 2.98. The van der Waals surface area contributed by atoms with Gasteiger partial charge in [-0.1, -0.05) is 11.6 Å². The van der Waals surface area contributed by atoms with Crippen molar-refractivity contribution < 1.29 is 13.2 Å². The van der Waals surface area contributed by atoms with E-state index in [1.807, 2.05) is 0 Å². The summed E-state index contributed by atoms with van der Waals surface area (Å²) in [6.45, 7) is 0. The summed E-state index contributed by atoms with van der Waals surface area (Å²) < 4.78 is 24.3. The Kier molecular flexibility index (Phi) is 2.79.